The maximum absolute atomic E-state index is 13.6. The highest BCUT2D eigenvalue weighted by molar-refractivity contribution is 6.74. The lowest BCUT2D eigenvalue weighted by Gasteiger charge is -2.36. The van der Waals surface area contributed by atoms with E-state index in [9.17, 15) is 4.79 Å². The van der Waals surface area contributed by atoms with Gasteiger partial charge in [0.25, 0.3) is 8.32 Å². The number of methoxy groups -OCH3 is 2. The summed E-state index contributed by atoms with van der Waals surface area (Å²) < 4.78 is 30.3. The van der Waals surface area contributed by atoms with Crippen LogP contribution in [0.2, 0.25) is 18.1 Å². The van der Waals surface area contributed by atoms with E-state index in [1.54, 1.807) is 20.3 Å². The van der Waals surface area contributed by atoms with Crippen molar-refractivity contribution < 1.29 is 23.1 Å². The zero-order valence-corrected chi connectivity index (χ0v) is 24.8. The third-order valence-electron chi connectivity index (χ3n) is 7.36. The maximum atomic E-state index is 13.6. The fourth-order valence-corrected chi connectivity index (χ4v) is 4.90. The Kier molecular flexibility index (Phi) is 9.13. The van der Waals surface area contributed by atoms with Crippen molar-refractivity contribution >= 4 is 19.3 Å². The molecule has 3 aromatic rings. The van der Waals surface area contributed by atoms with Gasteiger partial charge in [0.1, 0.15) is 16.9 Å². The fraction of sp³-hybridized carbons (Fsp3) is 0.500. The van der Waals surface area contributed by atoms with Crippen LogP contribution in [0, 0.1) is 12.8 Å². The molecule has 6 nitrogen and oxygen atoms in total. The van der Waals surface area contributed by atoms with E-state index >= 15 is 0 Å². The lowest BCUT2D eigenvalue weighted by Crippen LogP contribution is -2.44. The van der Waals surface area contributed by atoms with E-state index in [1.165, 1.54) is 0 Å². The molecule has 37 heavy (non-hydrogen) atoms. The average Bonchev–Trinajstić information content (AvgIpc) is 2.85. The molecule has 0 amide bonds. The van der Waals surface area contributed by atoms with Gasteiger partial charge in [-0.2, -0.15) is 0 Å². The molecule has 1 aromatic heterocycles. The van der Waals surface area contributed by atoms with Crippen molar-refractivity contribution in [3.05, 3.63) is 63.5 Å². The van der Waals surface area contributed by atoms with Crippen LogP contribution < -0.4 is 19.3 Å². The van der Waals surface area contributed by atoms with E-state index in [2.05, 4.69) is 52.9 Å². The van der Waals surface area contributed by atoms with Gasteiger partial charge in [0.05, 0.1) is 20.8 Å². The third-order valence-corrected chi connectivity index (χ3v) is 11.7. The van der Waals surface area contributed by atoms with Gasteiger partial charge in [-0.1, -0.05) is 58.0 Å². The van der Waals surface area contributed by atoms with Crippen molar-refractivity contribution in [2.45, 2.75) is 72.2 Å². The van der Waals surface area contributed by atoms with Gasteiger partial charge in [-0.25, -0.2) is 0 Å². The zero-order chi connectivity index (χ0) is 27.4. The van der Waals surface area contributed by atoms with E-state index in [1.807, 2.05) is 25.1 Å². The Balaban J connectivity index is 1.93. The summed E-state index contributed by atoms with van der Waals surface area (Å²) in [6, 6.07) is 11.9. The second-order valence-corrected chi connectivity index (χ2v) is 16.0. The average molecular weight is 527 g/mol. The number of hydrogen-bond donors (Lipinski definition) is 0. The molecule has 0 aliphatic carbocycles. The molecule has 0 bridgehead atoms. The lowest BCUT2D eigenvalue weighted by molar-refractivity contribution is 0.0892. The molecule has 0 fully saturated rings. The molecule has 0 saturated heterocycles. The van der Waals surface area contributed by atoms with Crippen LogP contribution in [0.25, 0.3) is 11.0 Å². The topological polar surface area (TPSA) is 67.1 Å². The SMILES string of the molecule is COc1cc(OC)c2c(=O)c(C)c(CCC(C)COCc3ccccc3)oc2c1O[Si](C)(C)C(C)(C)C. The minimum Gasteiger partial charge on any atom is -0.538 e. The normalized spacial score (nSPS) is 13.0. The summed E-state index contributed by atoms with van der Waals surface area (Å²) in [6.45, 7) is 16.0. The Hall–Kier alpha value is -2.77. The van der Waals surface area contributed by atoms with Crippen LogP contribution in [-0.2, 0) is 17.8 Å². The molecule has 1 atom stereocenters. The molecule has 0 spiro atoms. The van der Waals surface area contributed by atoms with Crippen molar-refractivity contribution in [1.29, 1.82) is 0 Å². The number of aryl methyl sites for hydroxylation is 1. The van der Waals surface area contributed by atoms with Gasteiger partial charge in [0.2, 0.25) is 0 Å². The van der Waals surface area contributed by atoms with Crippen LogP contribution in [0.1, 0.15) is 51.0 Å². The highest BCUT2D eigenvalue weighted by Crippen LogP contribution is 2.45. The molecule has 0 aliphatic rings. The first kappa shape index (κ1) is 28.8. The van der Waals surface area contributed by atoms with Crippen LogP contribution in [0.15, 0.2) is 45.6 Å². The summed E-state index contributed by atoms with van der Waals surface area (Å²) in [5.41, 5.74) is 2.03. The molecule has 0 aliphatic heterocycles. The van der Waals surface area contributed by atoms with E-state index in [-0.39, 0.29) is 10.5 Å². The number of benzene rings is 2. The van der Waals surface area contributed by atoms with Crippen LogP contribution >= 0.6 is 0 Å². The van der Waals surface area contributed by atoms with Crippen LogP contribution in [0.5, 0.6) is 17.2 Å². The second-order valence-electron chi connectivity index (χ2n) is 11.3. The first-order valence-corrected chi connectivity index (χ1v) is 15.8. The molecule has 1 unspecified atom stereocenters. The molecule has 0 N–H and O–H groups in total. The molecule has 0 radical (unpaired) electrons. The van der Waals surface area contributed by atoms with E-state index < -0.39 is 8.32 Å². The maximum Gasteiger partial charge on any atom is 0.250 e. The predicted octanol–water partition coefficient (Wildman–Crippen LogP) is 7.29. The van der Waals surface area contributed by atoms with Crippen molar-refractivity contribution in [1.82, 2.24) is 0 Å². The minimum atomic E-state index is -2.27. The Morgan fingerprint density at radius 2 is 1.68 bits per heavy atom. The third kappa shape index (κ3) is 6.57. The molecule has 7 heteroatoms. The highest BCUT2D eigenvalue weighted by Gasteiger charge is 2.40. The fourth-order valence-electron chi connectivity index (χ4n) is 3.89. The summed E-state index contributed by atoms with van der Waals surface area (Å²) in [5, 5.41) is 0.338. The van der Waals surface area contributed by atoms with Gasteiger partial charge < -0.3 is 23.1 Å². The van der Waals surface area contributed by atoms with Crippen LogP contribution in [-0.4, -0.2) is 29.1 Å². The summed E-state index contributed by atoms with van der Waals surface area (Å²) in [5.74, 6) is 2.34. The van der Waals surface area contributed by atoms with Crippen LogP contribution in [0.4, 0.5) is 0 Å². The van der Waals surface area contributed by atoms with Gasteiger partial charge in [0, 0.05) is 24.7 Å². The standard InChI is InChI=1S/C30H42O6Si/c1-20(18-34-19-22-13-11-10-12-14-22)15-16-23-21(2)27(31)26-24(32-6)17-25(33-7)28(29(26)35-23)36-37(8,9)30(3,4)5/h10-14,17,20H,15-16,18-19H2,1-9H3. The molecule has 3 rings (SSSR count). The largest absolute Gasteiger partial charge is 0.538 e. The lowest BCUT2D eigenvalue weighted by atomic mass is 10.0. The number of hydrogen-bond acceptors (Lipinski definition) is 6. The monoisotopic (exact) mass is 526 g/mol. The molecular weight excluding hydrogens is 484 g/mol. The summed E-state index contributed by atoms with van der Waals surface area (Å²) >= 11 is 0. The van der Waals surface area contributed by atoms with Crippen molar-refractivity contribution in [2.24, 2.45) is 5.92 Å². The van der Waals surface area contributed by atoms with Gasteiger partial charge in [-0.15, -0.1) is 0 Å². The van der Waals surface area contributed by atoms with Crippen molar-refractivity contribution in [3.63, 3.8) is 0 Å². The van der Waals surface area contributed by atoms with Gasteiger partial charge in [-0.05, 0) is 43.0 Å². The first-order valence-electron chi connectivity index (χ1n) is 12.9. The minimum absolute atomic E-state index is 0.0483. The summed E-state index contributed by atoms with van der Waals surface area (Å²) in [6.07, 6.45) is 1.44. The molecule has 1 heterocycles. The number of ether oxygens (including phenoxy) is 3. The summed E-state index contributed by atoms with van der Waals surface area (Å²) in [7, 11) is 0.865. The second kappa shape index (κ2) is 11.7. The van der Waals surface area contributed by atoms with Gasteiger partial charge in [0.15, 0.2) is 22.5 Å². The van der Waals surface area contributed by atoms with E-state index in [4.69, 9.17) is 23.1 Å². The Bertz CT molecular complexity index is 1260. The predicted molar refractivity (Wildman–Crippen MR) is 152 cm³/mol. The zero-order valence-electron chi connectivity index (χ0n) is 23.8. The Morgan fingerprint density at radius 1 is 1.03 bits per heavy atom. The first-order chi connectivity index (χ1) is 17.4. The van der Waals surface area contributed by atoms with Crippen molar-refractivity contribution in [2.75, 3.05) is 20.8 Å². The summed E-state index contributed by atoms with van der Waals surface area (Å²) in [4.78, 5) is 13.6. The smallest absolute Gasteiger partial charge is 0.250 e. The number of fused-ring (bicyclic) bond motifs is 1. The van der Waals surface area contributed by atoms with Crippen LogP contribution in [0.3, 0.4) is 0 Å². The number of rotatable bonds is 11. The van der Waals surface area contributed by atoms with Crippen molar-refractivity contribution in [3.8, 4) is 17.2 Å². The molecular formula is C30H42O6Si. The van der Waals surface area contributed by atoms with E-state index in [0.29, 0.717) is 65.1 Å². The highest BCUT2D eigenvalue weighted by atomic mass is 28.4. The Morgan fingerprint density at radius 3 is 2.27 bits per heavy atom. The molecule has 202 valence electrons. The Labute approximate surface area is 222 Å². The van der Waals surface area contributed by atoms with E-state index in [0.717, 1.165) is 12.0 Å². The molecule has 2 aromatic carbocycles. The van der Waals surface area contributed by atoms with Gasteiger partial charge in [-0.3, -0.25) is 4.79 Å². The molecule has 0 saturated carbocycles. The van der Waals surface area contributed by atoms with Gasteiger partial charge >= 0.3 is 0 Å². The quantitative estimate of drug-likeness (QED) is 0.244.